The lowest BCUT2D eigenvalue weighted by Crippen LogP contribution is -2.35. The van der Waals surface area contributed by atoms with Crippen LogP contribution in [0, 0.1) is 0 Å². The third kappa shape index (κ3) is 6.00. The molecule has 0 atom stereocenters. The average molecular weight is 421 g/mol. The van der Waals surface area contributed by atoms with Crippen LogP contribution in [0.3, 0.4) is 0 Å². The summed E-state index contributed by atoms with van der Waals surface area (Å²) in [7, 11) is 1.30. The summed E-state index contributed by atoms with van der Waals surface area (Å²) < 4.78 is 15.7. The number of benzene rings is 1. The largest absolute Gasteiger partial charge is 0.490 e. The van der Waals surface area contributed by atoms with Gasteiger partial charge in [-0.25, -0.2) is 4.79 Å². The van der Waals surface area contributed by atoms with E-state index in [1.807, 2.05) is 46.8 Å². The van der Waals surface area contributed by atoms with E-state index >= 15 is 0 Å². The Balaban J connectivity index is 2.32. The van der Waals surface area contributed by atoms with E-state index in [0.29, 0.717) is 28.2 Å². The monoisotopic (exact) mass is 420 g/mol. The number of amides is 1. The number of esters is 1. The smallest absolute Gasteiger partial charge is 0.343 e. The van der Waals surface area contributed by atoms with Crippen molar-refractivity contribution in [2.24, 2.45) is 4.99 Å². The number of methoxy groups -OCH3 is 1. The van der Waals surface area contributed by atoms with Crippen LogP contribution >= 0.6 is 11.8 Å². The summed E-state index contributed by atoms with van der Waals surface area (Å²) in [5.74, 6) is 0.402. The van der Waals surface area contributed by atoms with Crippen LogP contribution in [0.1, 0.15) is 40.2 Å². The number of aliphatic imine (C=N–C) groups is 1. The Morgan fingerprint density at radius 3 is 2.52 bits per heavy atom. The molecule has 0 radical (unpaired) electrons. The van der Waals surface area contributed by atoms with Crippen molar-refractivity contribution in [2.75, 3.05) is 20.3 Å². The van der Waals surface area contributed by atoms with Gasteiger partial charge in [-0.05, 0) is 70.2 Å². The normalized spacial score (nSPS) is 17.0. The molecule has 1 aliphatic rings. The number of carbonyl (C=O) groups excluding carboxylic acids is 2. The quantitative estimate of drug-likeness (QED) is 0.471. The van der Waals surface area contributed by atoms with Crippen molar-refractivity contribution in [3.63, 3.8) is 0 Å². The first-order valence-corrected chi connectivity index (χ1v) is 10.4. The second kappa shape index (κ2) is 10.3. The Morgan fingerprint density at radius 1 is 1.21 bits per heavy atom. The fraction of sp³-hybridized carbons (Fsp3) is 0.476. The van der Waals surface area contributed by atoms with Gasteiger partial charge in [0.25, 0.3) is 5.91 Å². The second-order valence-electron chi connectivity index (χ2n) is 6.89. The van der Waals surface area contributed by atoms with E-state index < -0.39 is 5.97 Å². The van der Waals surface area contributed by atoms with E-state index in [4.69, 9.17) is 9.47 Å². The number of rotatable bonds is 8. The molecular weight excluding hydrogens is 392 g/mol. The van der Waals surface area contributed by atoms with E-state index in [1.165, 1.54) is 18.9 Å². The van der Waals surface area contributed by atoms with Crippen molar-refractivity contribution < 1.29 is 23.8 Å². The van der Waals surface area contributed by atoms with E-state index in [2.05, 4.69) is 9.73 Å². The Hall–Kier alpha value is -2.48. The lowest BCUT2D eigenvalue weighted by atomic mass is 10.1. The minimum absolute atomic E-state index is 0.0199. The van der Waals surface area contributed by atoms with E-state index in [0.717, 1.165) is 5.56 Å². The zero-order valence-corrected chi connectivity index (χ0v) is 18.5. The van der Waals surface area contributed by atoms with Gasteiger partial charge in [0.1, 0.15) is 0 Å². The van der Waals surface area contributed by atoms with Gasteiger partial charge in [0.05, 0.1) is 18.6 Å². The van der Waals surface area contributed by atoms with Crippen LogP contribution in [0.2, 0.25) is 0 Å². The highest BCUT2D eigenvalue weighted by Gasteiger charge is 2.35. The number of amidine groups is 1. The SMILES string of the molecule is CCOc1cc(/C=C2/SC(=NC(C)C)N(C(C)C)C2=O)ccc1OCC(=O)OC. The number of thioether (sulfide) groups is 1. The van der Waals surface area contributed by atoms with Crippen LogP contribution in [0.4, 0.5) is 0 Å². The summed E-state index contributed by atoms with van der Waals surface area (Å²) in [5, 5.41) is 0.717. The summed E-state index contributed by atoms with van der Waals surface area (Å²) in [5.41, 5.74) is 0.796. The molecule has 0 aliphatic carbocycles. The van der Waals surface area contributed by atoms with Gasteiger partial charge in [0.15, 0.2) is 23.3 Å². The molecular formula is C21H28N2O5S. The highest BCUT2D eigenvalue weighted by molar-refractivity contribution is 8.18. The molecule has 0 spiro atoms. The summed E-state index contributed by atoms with van der Waals surface area (Å²) in [6.07, 6.45) is 1.82. The van der Waals surface area contributed by atoms with E-state index in [1.54, 1.807) is 17.0 Å². The highest BCUT2D eigenvalue weighted by atomic mass is 32.2. The topological polar surface area (TPSA) is 77.4 Å². The molecule has 2 rings (SSSR count). The van der Waals surface area contributed by atoms with Gasteiger partial charge >= 0.3 is 5.97 Å². The van der Waals surface area contributed by atoms with Crippen molar-refractivity contribution in [1.29, 1.82) is 0 Å². The number of ether oxygens (including phenoxy) is 3. The molecule has 0 bridgehead atoms. The Morgan fingerprint density at radius 2 is 1.93 bits per heavy atom. The van der Waals surface area contributed by atoms with Crippen LogP contribution in [-0.4, -0.2) is 54.4 Å². The summed E-state index contributed by atoms with van der Waals surface area (Å²) in [6, 6.07) is 5.43. The van der Waals surface area contributed by atoms with Crippen molar-refractivity contribution in [2.45, 2.75) is 46.7 Å². The molecule has 7 nitrogen and oxygen atoms in total. The Bertz CT molecular complexity index is 817. The van der Waals surface area contributed by atoms with Crippen LogP contribution in [0.15, 0.2) is 28.1 Å². The molecule has 29 heavy (non-hydrogen) atoms. The molecule has 0 saturated carbocycles. The lowest BCUT2D eigenvalue weighted by Gasteiger charge is -2.20. The maximum atomic E-state index is 12.9. The third-order valence-electron chi connectivity index (χ3n) is 3.86. The molecule has 0 aromatic heterocycles. The highest BCUT2D eigenvalue weighted by Crippen LogP contribution is 2.36. The van der Waals surface area contributed by atoms with Gasteiger partial charge in [0, 0.05) is 12.1 Å². The summed E-state index contributed by atoms with van der Waals surface area (Å²) in [6.45, 7) is 10.0. The molecule has 8 heteroatoms. The minimum Gasteiger partial charge on any atom is -0.490 e. The van der Waals surface area contributed by atoms with Crippen LogP contribution in [-0.2, 0) is 14.3 Å². The first kappa shape index (κ1) is 22.8. The minimum atomic E-state index is -0.475. The van der Waals surface area contributed by atoms with Gasteiger partial charge in [-0.3, -0.25) is 14.7 Å². The second-order valence-corrected chi connectivity index (χ2v) is 7.90. The molecule has 1 amide bonds. The zero-order valence-electron chi connectivity index (χ0n) is 17.7. The average Bonchev–Trinajstić information content (AvgIpc) is 2.95. The standard InChI is InChI=1S/C21H28N2O5S/c1-7-27-17-10-15(8-9-16(17)28-12-19(24)26-6)11-18-20(25)23(14(4)5)21(29-18)22-13(2)3/h8-11,13-14H,7,12H2,1-6H3/b18-11+,22-21?. The molecule has 158 valence electrons. The van der Waals surface area contributed by atoms with Crippen molar-refractivity contribution in [1.82, 2.24) is 4.90 Å². The number of carbonyl (C=O) groups is 2. The summed E-state index contributed by atoms with van der Waals surface area (Å²) >= 11 is 1.37. The number of nitrogens with zero attached hydrogens (tertiary/aromatic N) is 2. The third-order valence-corrected chi connectivity index (χ3v) is 4.86. The molecule has 0 N–H and O–H groups in total. The number of hydrogen-bond acceptors (Lipinski definition) is 7. The van der Waals surface area contributed by atoms with Gasteiger partial charge in [-0.1, -0.05) is 6.07 Å². The van der Waals surface area contributed by atoms with E-state index in [9.17, 15) is 9.59 Å². The molecule has 1 aromatic rings. The van der Waals surface area contributed by atoms with Crippen molar-refractivity contribution in [3.8, 4) is 11.5 Å². The predicted molar refractivity (Wildman–Crippen MR) is 115 cm³/mol. The summed E-state index contributed by atoms with van der Waals surface area (Å²) in [4.78, 5) is 31.1. The first-order valence-electron chi connectivity index (χ1n) is 9.54. The van der Waals surface area contributed by atoms with Crippen LogP contribution in [0.5, 0.6) is 11.5 Å². The lowest BCUT2D eigenvalue weighted by molar-refractivity contribution is -0.142. The van der Waals surface area contributed by atoms with Crippen molar-refractivity contribution >= 4 is 34.9 Å². The fourth-order valence-corrected chi connectivity index (χ4v) is 3.83. The Kier molecular flexibility index (Phi) is 8.13. The number of hydrogen-bond donors (Lipinski definition) is 0. The molecule has 1 fully saturated rings. The maximum absolute atomic E-state index is 12.9. The van der Waals surface area contributed by atoms with Gasteiger partial charge < -0.3 is 14.2 Å². The maximum Gasteiger partial charge on any atom is 0.343 e. The fourth-order valence-electron chi connectivity index (χ4n) is 2.60. The molecule has 1 aliphatic heterocycles. The molecule has 0 unspecified atom stereocenters. The van der Waals surface area contributed by atoms with Crippen LogP contribution in [0.25, 0.3) is 6.08 Å². The van der Waals surface area contributed by atoms with Gasteiger partial charge in [-0.2, -0.15) is 0 Å². The van der Waals surface area contributed by atoms with Crippen LogP contribution < -0.4 is 9.47 Å². The van der Waals surface area contributed by atoms with Crippen molar-refractivity contribution in [3.05, 3.63) is 28.7 Å². The van der Waals surface area contributed by atoms with Gasteiger partial charge in [-0.15, -0.1) is 0 Å². The molecule has 1 aromatic carbocycles. The Labute approximate surface area is 176 Å². The first-order chi connectivity index (χ1) is 13.8. The molecule has 1 heterocycles. The predicted octanol–water partition coefficient (Wildman–Crippen LogP) is 3.73. The van der Waals surface area contributed by atoms with E-state index in [-0.39, 0.29) is 24.6 Å². The van der Waals surface area contributed by atoms with Gasteiger partial charge in [0.2, 0.25) is 0 Å². The molecule has 1 saturated heterocycles. The zero-order chi connectivity index (χ0) is 21.6.